The number of benzene rings is 3. The predicted molar refractivity (Wildman–Crippen MR) is 156 cm³/mol. The highest BCUT2D eigenvalue weighted by molar-refractivity contribution is 5.87. The first-order valence-corrected chi connectivity index (χ1v) is 13.9. The van der Waals surface area contributed by atoms with Crippen LogP contribution in [0.3, 0.4) is 0 Å². The fourth-order valence-electron chi connectivity index (χ4n) is 6.48. The van der Waals surface area contributed by atoms with Crippen LogP contribution < -0.4 is 9.64 Å². The normalized spacial score (nSPS) is 15.8. The van der Waals surface area contributed by atoms with Crippen LogP contribution in [0.5, 0.6) is 11.5 Å². The van der Waals surface area contributed by atoms with Gasteiger partial charge in [0.05, 0.1) is 28.5 Å². The summed E-state index contributed by atoms with van der Waals surface area (Å²) in [4.78, 5) is 7.21. The number of para-hydroxylation sites is 2. The Bertz CT molecular complexity index is 1650. The van der Waals surface area contributed by atoms with Gasteiger partial charge in [-0.05, 0) is 92.9 Å². The van der Waals surface area contributed by atoms with Crippen molar-refractivity contribution in [1.82, 2.24) is 14.8 Å². The van der Waals surface area contributed by atoms with Gasteiger partial charge in [0.2, 0.25) is 0 Å². The zero-order valence-electron chi connectivity index (χ0n) is 22.5. The number of nitrogens with zero attached hydrogens (tertiary/aromatic N) is 4. The smallest absolute Gasteiger partial charge is 0.151 e. The molecule has 3 heterocycles. The molecule has 1 fully saturated rings. The lowest BCUT2D eigenvalue weighted by Gasteiger charge is -2.39. The number of hydrogen-bond donors (Lipinski definition) is 0. The molecule has 5 nitrogen and oxygen atoms in total. The van der Waals surface area contributed by atoms with Crippen LogP contribution >= 0.6 is 0 Å². The number of ether oxygens (including phenoxy) is 1. The van der Waals surface area contributed by atoms with Crippen molar-refractivity contribution in [2.75, 3.05) is 4.90 Å². The van der Waals surface area contributed by atoms with E-state index in [-0.39, 0.29) is 5.41 Å². The second kappa shape index (κ2) is 9.42. The van der Waals surface area contributed by atoms with Gasteiger partial charge in [-0.2, -0.15) is 5.10 Å². The molecule has 5 aromatic rings. The third-order valence-electron chi connectivity index (χ3n) is 8.28. The number of aryl methyl sites for hydroxylation is 2. The van der Waals surface area contributed by atoms with E-state index in [1.807, 2.05) is 36.0 Å². The van der Waals surface area contributed by atoms with Crippen molar-refractivity contribution in [3.8, 4) is 17.2 Å². The van der Waals surface area contributed by atoms with Crippen LogP contribution in [-0.4, -0.2) is 14.8 Å². The second-order valence-electron chi connectivity index (χ2n) is 10.8. The molecule has 0 N–H and O–H groups in total. The average Bonchev–Trinajstić information content (AvgIpc) is 3.34. The number of anilines is 3. The van der Waals surface area contributed by atoms with E-state index in [0.29, 0.717) is 0 Å². The molecule has 0 atom stereocenters. The van der Waals surface area contributed by atoms with Gasteiger partial charge in [-0.15, -0.1) is 0 Å². The van der Waals surface area contributed by atoms with Crippen molar-refractivity contribution >= 4 is 17.1 Å². The molecule has 7 rings (SSSR count). The summed E-state index contributed by atoms with van der Waals surface area (Å²) in [5.41, 5.74) is 8.72. The van der Waals surface area contributed by atoms with Crippen molar-refractivity contribution in [3.63, 3.8) is 0 Å². The predicted octanol–water partition coefficient (Wildman–Crippen LogP) is 8.71. The van der Waals surface area contributed by atoms with Crippen molar-refractivity contribution < 1.29 is 4.74 Å². The molecule has 5 heteroatoms. The Morgan fingerprint density at radius 2 is 1.54 bits per heavy atom. The summed E-state index contributed by atoms with van der Waals surface area (Å²) in [7, 11) is 0. The highest BCUT2D eigenvalue weighted by Crippen LogP contribution is 2.52. The maximum atomic E-state index is 6.41. The summed E-state index contributed by atoms with van der Waals surface area (Å²) >= 11 is 0. The number of rotatable bonds is 4. The van der Waals surface area contributed by atoms with Crippen LogP contribution in [0, 0.1) is 13.8 Å². The number of hydrogen-bond acceptors (Lipinski definition) is 4. The number of pyridine rings is 1. The van der Waals surface area contributed by atoms with Crippen molar-refractivity contribution in [2.24, 2.45) is 0 Å². The van der Waals surface area contributed by atoms with Crippen molar-refractivity contribution in [1.29, 1.82) is 0 Å². The summed E-state index contributed by atoms with van der Waals surface area (Å²) in [5.74, 6) is 1.69. The molecule has 0 bridgehead atoms. The van der Waals surface area contributed by atoms with Gasteiger partial charge in [0.1, 0.15) is 0 Å². The molecular formula is C34H32N4O. The fraction of sp³-hybridized carbons (Fsp3) is 0.235. The van der Waals surface area contributed by atoms with Crippen molar-refractivity contribution in [2.45, 2.75) is 51.4 Å². The van der Waals surface area contributed by atoms with Crippen LogP contribution in [0.1, 0.15) is 54.7 Å². The van der Waals surface area contributed by atoms with Gasteiger partial charge >= 0.3 is 0 Å². The molecule has 194 valence electrons. The molecule has 0 unspecified atom stereocenters. The molecule has 1 aliphatic carbocycles. The van der Waals surface area contributed by atoms with Gasteiger partial charge in [0.15, 0.2) is 11.5 Å². The Balaban J connectivity index is 1.40. The Morgan fingerprint density at radius 3 is 2.33 bits per heavy atom. The van der Waals surface area contributed by atoms with Crippen LogP contribution in [0.4, 0.5) is 17.1 Å². The van der Waals surface area contributed by atoms with Crippen LogP contribution in [0.15, 0.2) is 97.2 Å². The third-order valence-corrected chi connectivity index (χ3v) is 8.28. The molecule has 1 aliphatic heterocycles. The third kappa shape index (κ3) is 4.00. The number of aromatic nitrogens is 3. The van der Waals surface area contributed by atoms with Crippen LogP contribution in [-0.2, 0) is 5.41 Å². The Hall–Kier alpha value is -4.38. The van der Waals surface area contributed by atoms with E-state index >= 15 is 0 Å². The largest absolute Gasteiger partial charge is 0.453 e. The quantitative estimate of drug-likeness (QED) is 0.237. The average molecular weight is 513 g/mol. The summed E-state index contributed by atoms with van der Waals surface area (Å²) in [5, 5.41) is 4.74. The van der Waals surface area contributed by atoms with E-state index in [1.165, 1.54) is 30.5 Å². The lowest BCUT2D eigenvalue weighted by atomic mass is 9.67. The van der Waals surface area contributed by atoms with Gasteiger partial charge in [0.25, 0.3) is 0 Å². The van der Waals surface area contributed by atoms with E-state index in [9.17, 15) is 0 Å². The Labute approximate surface area is 229 Å². The molecule has 0 saturated heterocycles. The minimum absolute atomic E-state index is 0.0737. The van der Waals surface area contributed by atoms with E-state index < -0.39 is 0 Å². The molecule has 2 aromatic heterocycles. The minimum atomic E-state index is -0.0737. The summed E-state index contributed by atoms with van der Waals surface area (Å²) in [6, 6.07) is 32.1. The SMILES string of the molecule is Cc1cc(C)n(-c2ccc3c(c2)N(c2cccc(C4(c5ccccn5)CCCCC4)c2)c2ccccc2O3)n1. The Morgan fingerprint density at radius 1 is 0.718 bits per heavy atom. The highest BCUT2D eigenvalue weighted by Gasteiger charge is 2.37. The van der Waals surface area contributed by atoms with E-state index in [1.54, 1.807) is 0 Å². The lowest BCUT2D eigenvalue weighted by Crippen LogP contribution is -2.31. The van der Waals surface area contributed by atoms with Gasteiger partial charge in [-0.25, -0.2) is 4.68 Å². The molecule has 0 spiro atoms. The lowest BCUT2D eigenvalue weighted by molar-refractivity contribution is 0.338. The van der Waals surface area contributed by atoms with Gasteiger partial charge in [-0.1, -0.05) is 49.6 Å². The highest BCUT2D eigenvalue weighted by atomic mass is 16.5. The molecule has 0 radical (unpaired) electrons. The van der Waals surface area contributed by atoms with E-state index in [2.05, 4.69) is 84.6 Å². The van der Waals surface area contributed by atoms with Gasteiger partial charge in [0, 0.05) is 23.0 Å². The first kappa shape index (κ1) is 23.7. The first-order valence-electron chi connectivity index (χ1n) is 13.9. The van der Waals surface area contributed by atoms with Gasteiger partial charge < -0.3 is 9.64 Å². The topological polar surface area (TPSA) is 43.2 Å². The standard InChI is InChI=1S/C34H32N4O/c1-24-21-25(2)38(36-24)28-16-17-32-30(23-28)37(29-13-4-5-14-31(29)39-32)27-12-10-11-26(22-27)34(18-7-3-8-19-34)33-15-6-9-20-35-33/h4-6,9-17,20-23H,3,7-8,18-19H2,1-2H3. The molecule has 2 aliphatic rings. The van der Waals surface area contributed by atoms with Crippen LogP contribution in [0.25, 0.3) is 5.69 Å². The van der Waals surface area contributed by atoms with E-state index in [4.69, 9.17) is 14.8 Å². The fourth-order valence-corrected chi connectivity index (χ4v) is 6.48. The molecular weight excluding hydrogens is 480 g/mol. The monoisotopic (exact) mass is 512 g/mol. The maximum Gasteiger partial charge on any atom is 0.151 e. The van der Waals surface area contributed by atoms with Gasteiger partial charge in [-0.3, -0.25) is 4.98 Å². The van der Waals surface area contributed by atoms with E-state index in [0.717, 1.165) is 58.5 Å². The van der Waals surface area contributed by atoms with Crippen molar-refractivity contribution in [3.05, 3.63) is 120 Å². The summed E-state index contributed by atoms with van der Waals surface area (Å²) < 4.78 is 8.41. The van der Waals surface area contributed by atoms with Crippen LogP contribution in [0.2, 0.25) is 0 Å². The summed E-state index contributed by atoms with van der Waals surface area (Å²) in [6.45, 7) is 4.12. The zero-order chi connectivity index (χ0) is 26.4. The molecule has 3 aromatic carbocycles. The molecule has 39 heavy (non-hydrogen) atoms. The molecule has 1 saturated carbocycles. The maximum absolute atomic E-state index is 6.41. The second-order valence-corrected chi connectivity index (χ2v) is 10.8. The summed E-state index contributed by atoms with van der Waals surface area (Å²) in [6.07, 6.45) is 7.89. The zero-order valence-corrected chi connectivity index (χ0v) is 22.5. The Kier molecular flexibility index (Phi) is 5.73. The molecule has 0 amide bonds. The number of fused-ring (bicyclic) bond motifs is 2. The first-order chi connectivity index (χ1) is 19.1. The minimum Gasteiger partial charge on any atom is -0.453 e.